The number of carboxylic acid groups (broad SMARTS) is 1. The highest BCUT2D eigenvalue weighted by molar-refractivity contribution is 7.89. The van der Waals surface area contributed by atoms with Crippen LogP contribution in [0.5, 0.6) is 0 Å². The maximum Gasteiger partial charge on any atom is 0.371 e. The Bertz CT molecular complexity index is 506. The van der Waals surface area contributed by atoms with Crippen LogP contribution >= 0.6 is 0 Å². The third-order valence-corrected chi connectivity index (χ3v) is 3.60. The Hall–Kier alpha value is -1.38. The van der Waals surface area contributed by atoms with Crippen molar-refractivity contribution in [3.63, 3.8) is 0 Å². The highest BCUT2D eigenvalue weighted by atomic mass is 32.2. The Labute approximate surface area is 104 Å². The summed E-state index contributed by atoms with van der Waals surface area (Å²) in [5.41, 5.74) is 0. The van der Waals surface area contributed by atoms with Gasteiger partial charge in [0.15, 0.2) is 0 Å². The molecule has 1 rings (SSSR count). The lowest BCUT2D eigenvalue weighted by Gasteiger charge is -2.10. The summed E-state index contributed by atoms with van der Waals surface area (Å²) in [4.78, 5) is 10.6. The summed E-state index contributed by atoms with van der Waals surface area (Å²) >= 11 is 0. The Balaban J connectivity index is 2.71. The summed E-state index contributed by atoms with van der Waals surface area (Å²) in [6.07, 6.45) is 0.473. The molecule has 0 radical (unpaired) electrons. The van der Waals surface area contributed by atoms with Crippen LogP contribution in [0.25, 0.3) is 0 Å². The van der Waals surface area contributed by atoms with Crippen molar-refractivity contribution in [2.75, 3.05) is 13.2 Å². The molecule has 1 aromatic heterocycles. The van der Waals surface area contributed by atoms with Crippen molar-refractivity contribution in [3.05, 3.63) is 17.9 Å². The minimum atomic E-state index is -3.85. The third kappa shape index (κ3) is 3.83. The lowest BCUT2D eigenvalue weighted by molar-refractivity contribution is 0.0656. The second kappa shape index (κ2) is 5.98. The number of aromatic carboxylic acids is 1. The summed E-state index contributed by atoms with van der Waals surface area (Å²) in [5.74, 6) is -1.79. The largest absolute Gasteiger partial charge is 0.475 e. The quantitative estimate of drug-likeness (QED) is 0.658. The predicted molar refractivity (Wildman–Crippen MR) is 61.7 cm³/mol. The molecular formula is C10H15NO6S. The van der Waals surface area contributed by atoms with E-state index in [4.69, 9.17) is 14.6 Å². The summed E-state index contributed by atoms with van der Waals surface area (Å²) in [5, 5.41) is 16.9. The van der Waals surface area contributed by atoms with Crippen LogP contribution in [-0.2, 0) is 10.0 Å². The van der Waals surface area contributed by atoms with Gasteiger partial charge in [0.05, 0.1) is 0 Å². The predicted octanol–water partition coefficient (Wildman–Crippen LogP) is 0.275. The van der Waals surface area contributed by atoms with E-state index >= 15 is 0 Å². The number of nitrogens with one attached hydrogen (secondary N) is 1. The first-order valence-electron chi connectivity index (χ1n) is 5.30. The maximum absolute atomic E-state index is 11.7. The first-order valence-corrected chi connectivity index (χ1v) is 6.79. The minimum absolute atomic E-state index is 0.0210. The Morgan fingerprint density at radius 1 is 1.50 bits per heavy atom. The van der Waals surface area contributed by atoms with Gasteiger partial charge < -0.3 is 14.6 Å². The lowest BCUT2D eigenvalue weighted by atomic mass is 10.1. The molecule has 0 spiro atoms. The van der Waals surface area contributed by atoms with Gasteiger partial charge in [-0.3, -0.25) is 0 Å². The van der Waals surface area contributed by atoms with Gasteiger partial charge in [0.1, 0.15) is 0 Å². The molecule has 102 valence electrons. The van der Waals surface area contributed by atoms with Gasteiger partial charge in [0.25, 0.3) is 10.0 Å². The second-order valence-electron chi connectivity index (χ2n) is 3.89. The molecule has 0 saturated heterocycles. The topological polar surface area (TPSA) is 117 Å². The van der Waals surface area contributed by atoms with Crippen molar-refractivity contribution >= 4 is 16.0 Å². The van der Waals surface area contributed by atoms with E-state index in [1.807, 2.05) is 0 Å². The van der Waals surface area contributed by atoms with Crippen molar-refractivity contribution in [3.8, 4) is 0 Å². The maximum atomic E-state index is 11.7. The average Bonchev–Trinajstić information content (AvgIpc) is 2.77. The molecule has 0 saturated carbocycles. The number of rotatable bonds is 7. The highest BCUT2D eigenvalue weighted by Gasteiger charge is 2.21. The molecule has 0 amide bonds. The van der Waals surface area contributed by atoms with Crippen molar-refractivity contribution in [2.45, 2.75) is 18.4 Å². The van der Waals surface area contributed by atoms with Crippen LogP contribution in [-0.4, -0.2) is 37.8 Å². The van der Waals surface area contributed by atoms with Gasteiger partial charge in [0, 0.05) is 13.2 Å². The number of hydrogen-bond donors (Lipinski definition) is 3. The van der Waals surface area contributed by atoms with Crippen molar-refractivity contribution < 1.29 is 27.8 Å². The summed E-state index contributed by atoms with van der Waals surface area (Å²) in [6.45, 7) is 1.91. The van der Waals surface area contributed by atoms with Gasteiger partial charge in [-0.05, 0) is 24.5 Å². The van der Waals surface area contributed by atoms with Crippen LogP contribution in [0.2, 0.25) is 0 Å². The van der Waals surface area contributed by atoms with Crippen LogP contribution in [0.4, 0.5) is 0 Å². The number of sulfonamides is 1. The van der Waals surface area contributed by atoms with Gasteiger partial charge in [-0.25, -0.2) is 17.9 Å². The summed E-state index contributed by atoms with van der Waals surface area (Å²) in [7, 11) is -3.85. The molecule has 18 heavy (non-hydrogen) atoms. The fourth-order valence-electron chi connectivity index (χ4n) is 1.23. The molecular weight excluding hydrogens is 262 g/mol. The fourth-order valence-corrected chi connectivity index (χ4v) is 2.32. The molecule has 1 atom stereocenters. The van der Waals surface area contributed by atoms with E-state index in [-0.39, 0.29) is 19.1 Å². The smallest absolute Gasteiger partial charge is 0.371 e. The zero-order valence-corrected chi connectivity index (χ0v) is 10.6. The molecule has 0 aliphatic heterocycles. The van der Waals surface area contributed by atoms with Gasteiger partial charge in [0.2, 0.25) is 10.9 Å². The van der Waals surface area contributed by atoms with E-state index in [1.165, 1.54) is 0 Å². The standard InChI is InChI=1S/C10H15NO6S/c1-7(4-5-12)6-11-18(15,16)9-3-2-8(17-9)10(13)14/h2-3,7,11-12H,4-6H2,1H3,(H,13,14). The number of aliphatic hydroxyl groups is 1. The number of carboxylic acids is 1. The molecule has 0 aliphatic carbocycles. The van der Waals surface area contributed by atoms with Crippen molar-refractivity contribution in [1.29, 1.82) is 0 Å². The molecule has 1 aromatic rings. The molecule has 7 nitrogen and oxygen atoms in total. The normalized spacial score (nSPS) is 13.4. The van der Waals surface area contributed by atoms with Crippen LogP contribution in [0.3, 0.4) is 0 Å². The highest BCUT2D eigenvalue weighted by Crippen LogP contribution is 2.14. The lowest BCUT2D eigenvalue weighted by Crippen LogP contribution is -2.28. The van der Waals surface area contributed by atoms with Crippen LogP contribution in [0, 0.1) is 5.92 Å². The Morgan fingerprint density at radius 3 is 2.67 bits per heavy atom. The van der Waals surface area contributed by atoms with Crippen LogP contribution < -0.4 is 4.72 Å². The zero-order valence-electron chi connectivity index (χ0n) is 9.79. The molecule has 3 N–H and O–H groups in total. The van der Waals surface area contributed by atoms with E-state index in [1.54, 1.807) is 6.92 Å². The second-order valence-corrected chi connectivity index (χ2v) is 5.59. The number of furan rings is 1. The van der Waals surface area contributed by atoms with Crippen molar-refractivity contribution in [2.24, 2.45) is 5.92 Å². The first-order chi connectivity index (χ1) is 8.36. The van der Waals surface area contributed by atoms with Gasteiger partial charge >= 0.3 is 5.97 Å². The van der Waals surface area contributed by atoms with Gasteiger partial charge in [-0.2, -0.15) is 0 Å². The summed E-state index contributed by atoms with van der Waals surface area (Å²) < 4.78 is 30.4. The third-order valence-electron chi connectivity index (χ3n) is 2.30. The number of carbonyl (C=O) groups is 1. The molecule has 0 aromatic carbocycles. The zero-order chi connectivity index (χ0) is 13.8. The van der Waals surface area contributed by atoms with Crippen LogP contribution in [0.15, 0.2) is 21.6 Å². The number of aliphatic hydroxyl groups excluding tert-OH is 1. The monoisotopic (exact) mass is 277 g/mol. The van der Waals surface area contributed by atoms with E-state index in [0.29, 0.717) is 6.42 Å². The number of hydrogen-bond acceptors (Lipinski definition) is 5. The van der Waals surface area contributed by atoms with Gasteiger partial charge in [-0.15, -0.1) is 0 Å². The van der Waals surface area contributed by atoms with E-state index in [9.17, 15) is 13.2 Å². The van der Waals surface area contributed by atoms with E-state index in [0.717, 1.165) is 12.1 Å². The van der Waals surface area contributed by atoms with E-state index < -0.39 is 26.8 Å². The van der Waals surface area contributed by atoms with Crippen molar-refractivity contribution in [1.82, 2.24) is 4.72 Å². The fraction of sp³-hybridized carbons (Fsp3) is 0.500. The Morgan fingerprint density at radius 2 is 2.17 bits per heavy atom. The van der Waals surface area contributed by atoms with Crippen LogP contribution in [0.1, 0.15) is 23.9 Å². The first kappa shape index (κ1) is 14.7. The molecule has 0 fully saturated rings. The Kier molecular flexibility index (Phi) is 4.88. The molecule has 1 heterocycles. The summed E-state index contributed by atoms with van der Waals surface area (Å²) in [6, 6.07) is 2.16. The van der Waals surface area contributed by atoms with Gasteiger partial charge in [-0.1, -0.05) is 6.92 Å². The average molecular weight is 277 g/mol. The molecule has 8 heteroatoms. The molecule has 1 unspecified atom stereocenters. The molecule has 0 aliphatic rings. The molecule has 0 bridgehead atoms. The minimum Gasteiger partial charge on any atom is -0.475 e. The van der Waals surface area contributed by atoms with E-state index in [2.05, 4.69) is 4.72 Å². The SMILES string of the molecule is CC(CCO)CNS(=O)(=O)c1ccc(C(=O)O)o1.